The molecule has 27 heavy (non-hydrogen) atoms. The van der Waals surface area contributed by atoms with E-state index in [9.17, 15) is 14.4 Å². The van der Waals surface area contributed by atoms with Crippen molar-refractivity contribution in [2.24, 2.45) is 0 Å². The molecule has 7 heteroatoms. The molecule has 1 aliphatic rings. The zero-order chi connectivity index (χ0) is 19.6. The first-order valence-corrected chi connectivity index (χ1v) is 8.67. The largest absolute Gasteiger partial charge is 0.490 e. The number of carbonyl (C=O) groups excluding carboxylic acids is 3. The molecule has 3 rings (SSSR count). The van der Waals surface area contributed by atoms with Gasteiger partial charge >= 0.3 is 6.03 Å². The molecule has 6 nitrogen and oxygen atoms in total. The molecule has 1 N–H and O–H groups in total. The highest BCUT2D eigenvalue weighted by atomic mass is 35.5. The van der Waals surface area contributed by atoms with Crippen molar-refractivity contribution in [2.75, 3.05) is 4.90 Å². The van der Waals surface area contributed by atoms with Crippen LogP contribution in [0.2, 0.25) is 5.02 Å². The van der Waals surface area contributed by atoms with E-state index in [2.05, 4.69) is 5.32 Å². The summed E-state index contributed by atoms with van der Waals surface area (Å²) in [6.45, 7) is 3.76. The van der Waals surface area contributed by atoms with Gasteiger partial charge in [0.1, 0.15) is 11.3 Å². The summed E-state index contributed by atoms with van der Waals surface area (Å²) in [5.74, 6) is -0.935. The number of barbiturate groups is 1. The van der Waals surface area contributed by atoms with E-state index in [0.717, 1.165) is 4.90 Å². The van der Waals surface area contributed by atoms with E-state index >= 15 is 0 Å². The maximum atomic E-state index is 12.9. The van der Waals surface area contributed by atoms with Crippen LogP contribution in [0.1, 0.15) is 19.4 Å². The molecule has 0 aliphatic carbocycles. The molecule has 0 saturated carbocycles. The Balaban J connectivity index is 2.01. The summed E-state index contributed by atoms with van der Waals surface area (Å²) < 4.78 is 5.72. The maximum Gasteiger partial charge on any atom is 0.335 e. The van der Waals surface area contributed by atoms with Gasteiger partial charge in [-0.2, -0.15) is 0 Å². The monoisotopic (exact) mass is 384 g/mol. The summed E-state index contributed by atoms with van der Waals surface area (Å²) in [4.78, 5) is 38.2. The van der Waals surface area contributed by atoms with E-state index < -0.39 is 17.8 Å². The molecule has 1 saturated heterocycles. The molecule has 138 valence electrons. The lowest BCUT2D eigenvalue weighted by atomic mass is 10.1. The van der Waals surface area contributed by atoms with Gasteiger partial charge < -0.3 is 4.74 Å². The summed E-state index contributed by atoms with van der Waals surface area (Å²) in [7, 11) is 0. The van der Waals surface area contributed by atoms with Crippen LogP contribution in [0.25, 0.3) is 6.08 Å². The van der Waals surface area contributed by atoms with Crippen LogP contribution in [-0.2, 0) is 9.59 Å². The molecule has 4 amide bonds. The summed E-state index contributed by atoms with van der Waals surface area (Å²) >= 11 is 5.86. The van der Waals surface area contributed by atoms with E-state index in [1.165, 1.54) is 18.2 Å². The smallest absolute Gasteiger partial charge is 0.335 e. The fraction of sp³-hybridized carbons (Fsp3) is 0.150. The van der Waals surface area contributed by atoms with E-state index in [0.29, 0.717) is 22.0 Å². The number of halogens is 1. The number of hydrogen-bond acceptors (Lipinski definition) is 4. The molecular weight excluding hydrogens is 368 g/mol. The van der Waals surface area contributed by atoms with Crippen molar-refractivity contribution in [3.63, 3.8) is 0 Å². The standard InChI is InChI=1S/C20H17ClN2O4/c1-12(2)27-17-6-4-3-5-13(17)11-16-18(24)22-20(26)23(19(16)25)15-9-7-14(21)8-10-15/h3-12H,1-2H3,(H,22,24,26)/b16-11+. The van der Waals surface area contributed by atoms with E-state index in [-0.39, 0.29) is 11.7 Å². The van der Waals surface area contributed by atoms with Crippen LogP contribution >= 0.6 is 11.6 Å². The van der Waals surface area contributed by atoms with Gasteiger partial charge in [-0.25, -0.2) is 9.69 Å². The van der Waals surface area contributed by atoms with Gasteiger partial charge in [0.15, 0.2) is 0 Å². The average molecular weight is 385 g/mol. The molecule has 0 aromatic heterocycles. The first-order chi connectivity index (χ1) is 12.9. The van der Waals surface area contributed by atoms with Crippen molar-refractivity contribution >= 4 is 41.2 Å². The van der Waals surface area contributed by atoms with Crippen molar-refractivity contribution in [1.82, 2.24) is 5.32 Å². The van der Waals surface area contributed by atoms with Gasteiger partial charge in [0.05, 0.1) is 11.8 Å². The fourth-order valence-corrected chi connectivity index (χ4v) is 2.72. The Labute approximate surface area is 161 Å². The fourth-order valence-electron chi connectivity index (χ4n) is 2.60. The Morgan fingerprint density at radius 1 is 1.04 bits per heavy atom. The minimum Gasteiger partial charge on any atom is -0.490 e. The van der Waals surface area contributed by atoms with Crippen molar-refractivity contribution in [2.45, 2.75) is 20.0 Å². The van der Waals surface area contributed by atoms with Crippen LogP contribution in [0.3, 0.4) is 0 Å². The molecule has 0 bridgehead atoms. The van der Waals surface area contributed by atoms with Crippen LogP contribution in [0.15, 0.2) is 54.1 Å². The highest BCUT2D eigenvalue weighted by Gasteiger charge is 2.36. The van der Waals surface area contributed by atoms with Gasteiger partial charge in [0.25, 0.3) is 11.8 Å². The number of amides is 4. The Bertz CT molecular complexity index is 935. The van der Waals surface area contributed by atoms with Gasteiger partial charge in [-0.05, 0) is 50.3 Å². The number of carbonyl (C=O) groups is 3. The third-order valence-corrected chi connectivity index (χ3v) is 4.02. The Morgan fingerprint density at radius 2 is 1.70 bits per heavy atom. The van der Waals surface area contributed by atoms with Crippen LogP contribution in [-0.4, -0.2) is 23.9 Å². The van der Waals surface area contributed by atoms with E-state index in [1.54, 1.807) is 36.4 Å². The van der Waals surface area contributed by atoms with Crippen LogP contribution < -0.4 is 15.0 Å². The summed E-state index contributed by atoms with van der Waals surface area (Å²) in [5.41, 5.74) is 0.714. The van der Waals surface area contributed by atoms with Crippen LogP contribution in [0.5, 0.6) is 5.75 Å². The topological polar surface area (TPSA) is 75.7 Å². The maximum absolute atomic E-state index is 12.9. The minimum absolute atomic E-state index is 0.0763. The number of ether oxygens (including phenoxy) is 1. The predicted octanol–water partition coefficient (Wildman–Crippen LogP) is 3.79. The predicted molar refractivity (Wildman–Crippen MR) is 103 cm³/mol. The van der Waals surface area contributed by atoms with Gasteiger partial charge in [-0.1, -0.05) is 29.8 Å². The first kappa shape index (κ1) is 18.7. The second kappa shape index (κ2) is 7.63. The zero-order valence-electron chi connectivity index (χ0n) is 14.7. The number of nitrogens with zero attached hydrogens (tertiary/aromatic N) is 1. The summed E-state index contributed by atoms with van der Waals surface area (Å²) in [6, 6.07) is 12.4. The second-order valence-corrected chi connectivity index (χ2v) is 6.58. The molecule has 2 aromatic carbocycles. The van der Waals surface area contributed by atoms with Crippen molar-refractivity contribution in [3.05, 3.63) is 64.7 Å². The molecule has 0 unspecified atom stereocenters. The molecule has 0 spiro atoms. The van der Waals surface area contributed by atoms with Crippen LogP contribution in [0, 0.1) is 0 Å². The number of rotatable bonds is 4. The lowest BCUT2D eigenvalue weighted by Crippen LogP contribution is -2.54. The SMILES string of the molecule is CC(C)Oc1ccccc1/C=C1\C(=O)NC(=O)N(c2ccc(Cl)cc2)C1=O. The number of imide groups is 2. The third kappa shape index (κ3) is 4.01. The quantitative estimate of drug-likeness (QED) is 0.642. The number of para-hydroxylation sites is 1. The lowest BCUT2D eigenvalue weighted by Gasteiger charge is -2.26. The van der Waals surface area contributed by atoms with Gasteiger partial charge in [-0.15, -0.1) is 0 Å². The molecule has 0 atom stereocenters. The lowest BCUT2D eigenvalue weighted by molar-refractivity contribution is -0.122. The van der Waals surface area contributed by atoms with Gasteiger partial charge in [-0.3, -0.25) is 14.9 Å². The summed E-state index contributed by atoms with van der Waals surface area (Å²) in [6.07, 6.45) is 1.35. The molecule has 0 radical (unpaired) electrons. The third-order valence-electron chi connectivity index (χ3n) is 3.77. The minimum atomic E-state index is -0.809. The number of hydrogen-bond donors (Lipinski definition) is 1. The number of anilines is 1. The second-order valence-electron chi connectivity index (χ2n) is 6.14. The Hall–Kier alpha value is -3.12. The first-order valence-electron chi connectivity index (χ1n) is 8.29. The number of urea groups is 1. The van der Waals surface area contributed by atoms with Crippen LogP contribution in [0.4, 0.5) is 10.5 Å². The molecule has 1 aliphatic heterocycles. The van der Waals surface area contributed by atoms with Gasteiger partial charge in [0.2, 0.25) is 0 Å². The highest BCUT2D eigenvalue weighted by Crippen LogP contribution is 2.26. The normalized spacial score (nSPS) is 16.1. The Kier molecular flexibility index (Phi) is 5.28. The molecular formula is C20H17ClN2O4. The zero-order valence-corrected chi connectivity index (χ0v) is 15.5. The molecule has 1 heterocycles. The van der Waals surface area contributed by atoms with E-state index in [1.807, 2.05) is 13.8 Å². The average Bonchev–Trinajstić information content (AvgIpc) is 2.61. The van der Waals surface area contributed by atoms with Gasteiger partial charge in [0, 0.05) is 10.6 Å². The number of nitrogens with one attached hydrogen (secondary N) is 1. The van der Waals surface area contributed by atoms with Crippen molar-refractivity contribution in [3.8, 4) is 5.75 Å². The van der Waals surface area contributed by atoms with E-state index in [4.69, 9.17) is 16.3 Å². The Morgan fingerprint density at radius 3 is 2.37 bits per heavy atom. The van der Waals surface area contributed by atoms with Crippen molar-refractivity contribution in [1.29, 1.82) is 0 Å². The highest BCUT2D eigenvalue weighted by molar-refractivity contribution is 6.39. The summed E-state index contributed by atoms with van der Waals surface area (Å²) in [5, 5.41) is 2.66. The number of benzene rings is 2. The molecule has 1 fully saturated rings. The van der Waals surface area contributed by atoms with Crippen molar-refractivity contribution < 1.29 is 19.1 Å². The molecule has 2 aromatic rings.